The largest absolute Gasteiger partial charge is 0.465 e. The average Bonchev–Trinajstić information content (AvgIpc) is 3.16. The van der Waals surface area contributed by atoms with E-state index in [-0.39, 0.29) is 0 Å². The van der Waals surface area contributed by atoms with Gasteiger partial charge in [0.05, 0.1) is 0 Å². The van der Waals surface area contributed by atoms with E-state index in [0.717, 1.165) is 19.3 Å². The van der Waals surface area contributed by atoms with Crippen LogP contribution in [0.15, 0.2) is 0 Å². The van der Waals surface area contributed by atoms with Gasteiger partial charge in [0.15, 0.2) is 24.3 Å². The molecule has 3 aliphatic heterocycles. The smallest absolute Gasteiger partial charge is 0.454 e. The van der Waals surface area contributed by atoms with Gasteiger partial charge in [0, 0.05) is 12.8 Å². The SMILES string of the molecule is O=C1OC2C3OC4(CCCCC4)OC3OC2C1OC(=O)C(F)(F)S(=O)(=O)O. The van der Waals surface area contributed by atoms with Gasteiger partial charge < -0.3 is 23.7 Å². The predicted octanol–water partition coefficient (Wildman–Crippen LogP) is 0.105. The van der Waals surface area contributed by atoms with Crippen LogP contribution in [0.25, 0.3) is 0 Å². The molecule has 1 saturated carbocycles. The van der Waals surface area contributed by atoms with Gasteiger partial charge in [0.1, 0.15) is 6.10 Å². The van der Waals surface area contributed by atoms with E-state index in [1.165, 1.54) is 0 Å². The molecule has 27 heavy (non-hydrogen) atoms. The fraction of sp³-hybridized carbons (Fsp3) is 0.857. The minimum atomic E-state index is -6.07. The number of fused-ring (bicyclic) bond motifs is 3. The van der Waals surface area contributed by atoms with E-state index in [1.54, 1.807) is 0 Å². The lowest BCUT2D eigenvalue weighted by Crippen LogP contribution is -2.45. The summed E-state index contributed by atoms with van der Waals surface area (Å²) in [5, 5.41) is -5.24. The highest BCUT2D eigenvalue weighted by Crippen LogP contribution is 2.48. The highest BCUT2D eigenvalue weighted by Gasteiger charge is 2.67. The monoisotopic (exact) mass is 414 g/mol. The molecule has 0 aromatic rings. The zero-order valence-corrected chi connectivity index (χ0v) is 14.5. The van der Waals surface area contributed by atoms with Crippen LogP contribution < -0.4 is 0 Å². The van der Waals surface area contributed by atoms with Crippen molar-refractivity contribution < 1.29 is 55.0 Å². The van der Waals surface area contributed by atoms with Crippen LogP contribution >= 0.6 is 0 Å². The van der Waals surface area contributed by atoms with E-state index in [0.29, 0.717) is 12.8 Å². The minimum absolute atomic E-state index is 0.633. The first-order chi connectivity index (χ1) is 12.5. The Balaban J connectivity index is 1.47. The van der Waals surface area contributed by atoms with Crippen molar-refractivity contribution in [2.24, 2.45) is 0 Å². The maximum Gasteiger partial charge on any atom is 0.465 e. The normalized spacial score (nSPS) is 37.7. The van der Waals surface area contributed by atoms with Gasteiger partial charge in [0.25, 0.3) is 0 Å². The van der Waals surface area contributed by atoms with Crippen molar-refractivity contribution in [1.82, 2.24) is 0 Å². The Morgan fingerprint density at radius 3 is 2.44 bits per heavy atom. The summed E-state index contributed by atoms with van der Waals surface area (Å²) >= 11 is 0. The van der Waals surface area contributed by atoms with E-state index < -0.39 is 63.8 Å². The number of carbonyl (C=O) groups excluding carboxylic acids is 2. The van der Waals surface area contributed by atoms with Crippen molar-refractivity contribution in [3.8, 4) is 0 Å². The van der Waals surface area contributed by atoms with Crippen molar-refractivity contribution in [2.75, 3.05) is 0 Å². The molecule has 1 spiro atoms. The molecule has 4 aliphatic rings. The van der Waals surface area contributed by atoms with E-state index in [2.05, 4.69) is 4.74 Å². The van der Waals surface area contributed by atoms with Crippen molar-refractivity contribution in [2.45, 2.75) is 73.9 Å². The molecule has 0 amide bonds. The van der Waals surface area contributed by atoms with Gasteiger partial charge >= 0.3 is 27.3 Å². The molecule has 4 fully saturated rings. The van der Waals surface area contributed by atoms with Crippen molar-refractivity contribution in [1.29, 1.82) is 0 Å². The summed E-state index contributed by atoms with van der Waals surface area (Å²) in [5.41, 5.74) is 0. The summed E-state index contributed by atoms with van der Waals surface area (Å²) in [4.78, 5) is 23.4. The van der Waals surface area contributed by atoms with Gasteiger partial charge in [0.2, 0.25) is 6.10 Å². The third-order valence-electron chi connectivity index (χ3n) is 5.08. The van der Waals surface area contributed by atoms with Gasteiger partial charge in [-0.25, -0.2) is 9.59 Å². The molecule has 10 nitrogen and oxygen atoms in total. The molecular weight excluding hydrogens is 398 g/mol. The number of carbonyl (C=O) groups is 2. The van der Waals surface area contributed by atoms with E-state index >= 15 is 0 Å². The zero-order valence-electron chi connectivity index (χ0n) is 13.7. The van der Waals surface area contributed by atoms with Crippen molar-refractivity contribution in [3.63, 3.8) is 0 Å². The van der Waals surface area contributed by atoms with Gasteiger partial charge in [-0.1, -0.05) is 6.42 Å². The van der Waals surface area contributed by atoms with Gasteiger partial charge in [-0.3, -0.25) is 4.55 Å². The lowest BCUT2D eigenvalue weighted by atomic mass is 9.94. The molecule has 5 unspecified atom stereocenters. The molecule has 3 saturated heterocycles. The van der Waals surface area contributed by atoms with Gasteiger partial charge in [-0.2, -0.15) is 17.2 Å². The lowest BCUT2D eigenvalue weighted by Gasteiger charge is -2.33. The highest BCUT2D eigenvalue weighted by atomic mass is 32.2. The number of ether oxygens (including phenoxy) is 5. The van der Waals surface area contributed by atoms with Crippen LogP contribution in [-0.4, -0.2) is 66.7 Å². The summed E-state index contributed by atoms with van der Waals surface area (Å²) in [7, 11) is -6.07. The Kier molecular flexibility index (Phi) is 4.24. The second kappa shape index (κ2) is 6.04. The molecule has 3 heterocycles. The third-order valence-corrected chi connectivity index (χ3v) is 5.90. The lowest BCUT2D eigenvalue weighted by molar-refractivity contribution is -0.246. The third kappa shape index (κ3) is 2.92. The summed E-state index contributed by atoms with van der Waals surface area (Å²) in [6.07, 6.45) is -1.97. The van der Waals surface area contributed by atoms with Crippen LogP contribution in [0.2, 0.25) is 0 Å². The Labute approximate surface area is 151 Å². The molecule has 0 bridgehead atoms. The number of hydrogen-bond donors (Lipinski definition) is 1. The van der Waals surface area contributed by atoms with E-state index in [1.807, 2.05) is 0 Å². The maximum absolute atomic E-state index is 13.4. The Morgan fingerprint density at radius 1 is 1.15 bits per heavy atom. The van der Waals surface area contributed by atoms with Crippen LogP contribution in [0.3, 0.4) is 0 Å². The predicted molar refractivity (Wildman–Crippen MR) is 76.7 cm³/mol. The standard InChI is InChI=1S/C14H16F2O10S/c15-14(16,27(19,20)21)12(18)24-8-6-7(22-10(8)17)9-11(23-6)26-13(25-9)4-2-1-3-5-13/h6-9,11H,1-5H2,(H,19,20,21). The van der Waals surface area contributed by atoms with Gasteiger partial charge in [-0.15, -0.1) is 0 Å². The summed E-state index contributed by atoms with van der Waals surface area (Å²) in [6, 6.07) is 0. The Morgan fingerprint density at radius 2 is 1.81 bits per heavy atom. The Bertz CT molecular complexity index is 762. The van der Waals surface area contributed by atoms with Crippen LogP contribution in [0.4, 0.5) is 8.78 Å². The fourth-order valence-electron chi connectivity index (χ4n) is 3.80. The molecule has 5 atom stereocenters. The zero-order chi connectivity index (χ0) is 19.6. The number of halogens is 2. The first kappa shape index (κ1) is 18.9. The number of alkyl halides is 2. The second-order valence-corrected chi connectivity index (χ2v) is 8.32. The molecule has 1 N–H and O–H groups in total. The quantitative estimate of drug-likeness (QED) is 0.501. The first-order valence-corrected chi connectivity index (χ1v) is 9.76. The number of hydrogen-bond acceptors (Lipinski definition) is 9. The summed E-state index contributed by atoms with van der Waals surface area (Å²) in [6.45, 7) is 0. The summed E-state index contributed by atoms with van der Waals surface area (Å²) < 4.78 is 83.0. The Hall–Kier alpha value is -1.41. The first-order valence-electron chi connectivity index (χ1n) is 8.32. The molecule has 1 aliphatic carbocycles. The van der Waals surface area contributed by atoms with Crippen LogP contribution in [0, 0.1) is 0 Å². The van der Waals surface area contributed by atoms with Crippen LogP contribution in [0.5, 0.6) is 0 Å². The van der Waals surface area contributed by atoms with Crippen LogP contribution in [-0.2, 0) is 43.4 Å². The fourth-order valence-corrected chi connectivity index (χ4v) is 4.06. The van der Waals surface area contributed by atoms with E-state index in [9.17, 15) is 26.8 Å². The molecule has 13 heteroatoms. The highest BCUT2D eigenvalue weighted by molar-refractivity contribution is 7.87. The second-order valence-electron chi connectivity index (χ2n) is 6.86. The van der Waals surface area contributed by atoms with Crippen molar-refractivity contribution in [3.05, 3.63) is 0 Å². The van der Waals surface area contributed by atoms with Gasteiger partial charge in [-0.05, 0) is 12.8 Å². The van der Waals surface area contributed by atoms with E-state index in [4.69, 9.17) is 23.5 Å². The molecule has 0 radical (unpaired) electrons. The topological polar surface area (TPSA) is 135 Å². The molecule has 152 valence electrons. The maximum atomic E-state index is 13.4. The molecular formula is C14H16F2O10S. The number of rotatable bonds is 3. The molecule has 0 aromatic heterocycles. The van der Waals surface area contributed by atoms with Crippen LogP contribution in [0.1, 0.15) is 32.1 Å². The molecule has 0 aromatic carbocycles. The summed E-state index contributed by atoms with van der Waals surface area (Å²) in [5.74, 6) is -4.65. The van der Waals surface area contributed by atoms with Crippen molar-refractivity contribution >= 4 is 22.1 Å². The molecule has 4 rings (SSSR count). The minimum Gasteiger partial charge on any atom is -0.454 e. The average molecular weight is 414 g/mol. The number of esters is 2.